The second-order valence-corrected chi connectivity index (χ2v) is 6.18. The number of anilines is 1. The van der Waals surface area contributed by atoms with E-state index in [0.29, 0.717) is 16.8 Å². The maximum Gasteiger partial charge on any atom is 0.286 e. The molecule has 2 aromatic carbocycles. The highest BCUT2D eigenvalue weighted by molar-refractivity contribution is 7.90. The van der Waals surface area contributed by atoms with Crippen LogP contribution >= 0.6 is 0 Å². The topological polar surface area (TPSA) is 81.8 Å². The predicted molar refractivity (Wildman–Crippen MR) is 76.3 cm³/mol. The molecule has 0 fully saturated rings. The summed E-state index contributed by atoms with van der Waals surface area (Å²) in [4.78, 5) is 0.0487. The van der Waals surface area contributed by atoms with E-state index in [4.69, 9.17) is 10.5 Å². The van der Waals surface area contributed by atoms with E-state index in [0.717, 1.165) is 6.07 Å². The van der Waals surface area contributed by atoms with Crippen molar-refractivity contribution in [1.82, 2.24) is 0 Å². The molecular formula is C14H11FN2O3S. The number of hydrogen-bond donors (Lipinski definition) is 1. The Labute approximate surface area is 120 Å². The molecule has 0 atom stereocenters. The molecule has 3 rings (SSSR count). The molecule has 0 aliphatic carbocycles. The van der Waals surface area contributed by atoms with Gasteiger partial charge in [-0.15, -0.1) is 4.40 Å². The van der Waals surface area contributed by atoms with Crippen LogP contribution in [0.1, 0.15) is 11.1 Å². The van der Waals surface area contributed by atoms with Crippen LogP contribution in [0.3, 0.4) is 0 Å². The van der Waals surface area contributed by atoms with Crippen molar-refractivity contribution in [2.75, 3.05) is 5.73 Å². The SMILES string of the molecule is Cc1cc(OC2=NS(=O)(=O)c3ccccc32)c(F)cc1N. The maximum atomic E-state index is 13.8. The molecule has 7 heteroatoms. The lowest BCUT2D eigenvalue weighted by Gasteiger charge is -2.09. The molecular weight excluding hydrogens is 295 g/mol. The number of sulfonamides is 1. The number of hydrogen-bond acceptors (Lipinski definition) is 4. The first kappa shape index (κ1) is 13.6. The molecule has 5 nitrogen and oxygen atoms in total. The van der Waals surface area contributed by atoms with Crippen molar-refractivity contribution in [3.8, 4) is 5.75 Å². The molecule has 1 heterocycles. The summed E-state index contributed by atoms with van der Waals surface area (Å²) >= 11 is 0. The lowest BCUT2D eigenvalue weighted by atomic mass is 10.2. The number of ether oxygens (including phenoxy) is 1. The normalized spacial score (nSPS) is 15.4. The summed E-state index contributed by atoms with van der Waals surface area (Å²) < 4.78 is 46.5. The summed E-state index contributed by atoms with van der Waals surface area (Å²) in [5, 5.41) is 0. The molecule has 0 bridgehead atoms. The van der Waals surface area contributed by atoms with Gasteiger partial charge in [-0.1, -0.05) is 12.1 Å². The van der Waals surface area contributed by atoms with E-state index in [-0.39, 0.29) is 16.5 Å². The average molecular weight is 306 g/mol. The average Bonchev–Trinajstić information content (AvgIpc) is 2.68. The Balaban J connectivity index is 2.06. The molecule has 1 aliphatic heterocycles. The van der Waals surface area contributed by atoms with Crippen molar-refractivity contribution >= 4 is 21.6 Å². The molecule has 0 unspecified atom stereocenters. The minimum Gasteiger partial charge on any atom is -0.435 e. The van der Waals surface area contributed by atoms with Crippen molar-refractivity contribution in [3.63, 3.8) is 0 Å². The first-order chi connectivity index (χ1) is 9.88. The van der Waals surface area contributed by atoms with Crippen LogP contribution in [0.5, 0.6) is 5.75 Å². The first-order valence-corrected chi connectivity index (χ1v) is 7.50. The molecule has 0 spiro atoms. The van der Waals surface area contributed by atoms with Gasteiger partial charge in [-0.25, -0.2) is 4.39 Å². The quantitative estimate of drug-likeness (QED) is 0.819. The van der Waals surface area contributed by atoms with E-state index >= 15 is 0 Å². The fourth-order valence-electron chi connectivity index (χ4n) is 2.00. The summed E-state index contributed by atoms with van der Waals surface area (Å²) in [6, 6.07) is 8.75. The maximum absolute atomic E-state index is 13.8. The van der Waals surface area contributed by atoms with Crippen LogP contribution in [-0.4, -0.2) is 14.3 Å². The van der Waals surface area contributed by atoms with Gasteiger partial charge in [0.15, 0.2) is 11.6 Å². The lowest BCUT2D eigenvalue weighted by molar-refractivity contribution is 0.493. The highest BCUT2D eigenvalue weighted by Crippen LogP contribution is 2.29. The third-order valence-corrected chi connectivity index (χ3v) is 4.44. The number of rotatable bonds is 1. The van der Waals surface area contributed by atoms with E-state index in [1.807, 2.05) is 0 Å². The van der Waals surface area contributed by atoms with Crippen LogP contribution in [0.4, 0.5) is 10.1 Å². The second-order valence-electron chi connectivity index (χ2n) is 4.61. The number of nitrogens with two attached hydrogens (primary N) is 1. The third-order valence-electron chi connectivity index (χ3n) is 3.13. The number of halogens is 1. The molecule has 21 heavy (non-hydrogen) atoms. The second kappa shape index (κ2) is 4.56. The van der Waals surface area contributed by atoms with Gasteiger partial charge in [0.1, 0.15) is 4.90 Å². The van der Waals surface area contributed by atoms with Gasteiger partial charge in [0.25, 0.3) is 10.0 Å². The smallest absolute Gasteiger partial charge is 0.286 e. The van der Waals surface area contributed by atoms with Crippen molar-refractivity contribution in [2.24, 2.45) is 4.40 Å². The van der Waals surface area contributed by atoms with Gasteiger partial charge < -0.3 is 10.5 Å². The van der Waals surface area contributed by atoms with Gasteiger partial charge in [-0.05, 0) is 30.7 Å². The van der Waals surface area contributed by atoms with Gasteiger partial charge >= 0.3 is 0 Å². The summed E-state index contributed by atoms with van der Waals surface area (Å²) in [6.45, 7) is 1.70. The van der Waals surface area contributed by atoms with Crippen LogP contribution in [0.25, 0.3) is 0 Å². The van der Waals surface area contributed by atoms with Crippen molar-refractivity contribution in [1.29, 1.82) is 0 Å². The Hall–Kier alpha value is -2.41. The van der Waals surface area contributed by atoms with Crippen LogP contribution in [0.2, 0.25) is 0 Å². The van der Waals surface area contributed by atoms with Crippen molar-refractivity contribution in [3.05, 3.63) is 53.3 Å². The fourth-order valence-corrected chi connectivity index (χ4v) is 3.14. The summed E-state index contributed by atoms with van der Waals surface area (Å²) in [5.74, 6) is -0.941. The zero-order valence-corrected chi connectivity index (χ0v) is 11.8. The van der Waals surface area contributed by atoms with Gasteiger partial charge in [-0.3, -0.25) is 0 Å². The van der Waals surface area contributed by atoms with Gasteiger partial charge in [-0.2, -0.15) is 8.42 Å². The molecule has 1 aliphatic rings. The standard InChI is InChI=1S/C14H11FN2O3S/c1-8-6-12(10(15)7-11(8)16)20-14-9-4-2-3-5-13(9)21(18,19)17-14/h2-7H,16H2,1H3. The Morgan fingerprint density at radius 3 is 2.71 bits per heavy atom. The van der Waals surface area contributed by atoms with Gasteiger partial charge in [0.05, 0.1) is 5.56 Å². The fraction of sp³-hybridized carbons (Fsp3) is 0.0714. The minimum absolute atomic E-state index is 0.0487. The number of aryl methyl sites for hydroxylation is 1. The van der Waals surface area contributed by atoms with Gasteiger partial charge in [0, 0.05) is 11.8 Å². The predicted octanol–water partition coefficient (Wildman–Crippen LogP) is 2.24. The Bertz CT molecular complexity index is 876. The molecule has 0 radical (unpaired) electrons. The Kier molecular flexibility index (Phi) is 2.94. The minimum atomic E-state index is -3.79. The molecule has 2 aromatic rings. The Morgan fingerprint density at radius 2 is 1.95 bits per heavy atom. The Morgan fingerprint density at radius 1 is 1.24 bits per heavy atom. The highest BCUT2D eigenvalue weighted by Gasteiger charge is 2.30. The van der Waals surface area contributed by atoms with Crippen LogP contribution in [0.15, 0.2) is 45.7 Å². The zero-order chi connectivity index (χ0) is 15.2. The van der Waals surface area contributed by atoms with Gasteiger partial charge in [0.2, 0.25) is 5.90 Å². The number of nitrogens with zero attached hydrogens (tertiary/aromatic N) is 1. The lowest BCUT2D eigenvalue weighted by Crippen LogP contribution is -2.09. The molecule has 0 amide bonds. The zero-order valence-electron chi connectivity index (χ0n) is 11.0. The number of benzene rings is 2. The molecule has 108 valence electrons. The van der Waals surface area contributed by atoms with E-state index in [9.17, 15) is 12.8 Å². The van der Waals surface area contributed by atoms with Crippen LogP contribution in [0, 0.1) is 12.7 Å². The number of fused-ring (bicyclic) bond motifs is 1. The van der Waals surface area contributed by atoms with Crippen LogP contribution < -0.4 is 10.5 Å². The summed E-state index contributed by atoms with van der Waals surface area (Å²) in [7, 11) is -3.79. The summed E-state index contributed by atoms with van der Waals surface area (Å²) in [5.41, 5.74) is 6.83. The molecule has 0 aromatic heterocycles. The first-order valence-electron chi connectivity index (χ1n) is 6.06. The number of nitrogen functional groups attached to an aromatic ring is 1. The molecule has 0 saturated heterocycles. The monoisotopic (exact) mass is 306 g/mol. The third kappa shape index (κ3) is 2.25. The van der Waals surface area contributed by atoms with E-state index < -0.39 is 15.8 Å². The van der Waals surface area contributed by atoms with E-state index in [1.165, 1.54) is 12.1 Å². The van der Waals surface area contributed by atoms with Crippen LogP contribution in [-0.2, 0) is 10.0 Å². The summed E-state index contributed by atoms with van der Waals surface area (Å²) in [6.07, 6.45) is 0. The highest BCUT2D eigenvalue weighted by atomic mass is 32.2. The van der Waals surface area contributed by atoms with E-state index in [2.05, 4.69) is 4.40 Å². The van der Waals surface area contributed by atoms with E-state index in [1.54, 1.807) is 25.1 Å². The van der Waals surface area contributed by atoms with Crippen molar-refractivity contribution < 1.29 is 17.5 Å². The molecule has 0 saturated carbocycles. The van der Waals surface area contributed by atoms with Crippen molar-refractivity contribution in [2.45, 2.75) is 11.8 Å². The largest absolute Gasteiger partial charge is 0.435 e. The molecule has 2 N–H and O–H groups in total.